The molecule has 0 bridgehead atoms. The zero-order valence-electron chi connectivity index (χ0n) is 15.9. The van der Waals surface area contributed by atoms with Gasteiger partial charge in [0.15, 0.2) is 0 Å². The van der Waals surface area contributed by atoms with Crippen LogP contribution in [0.5, 0.6) is 0 Å². The minimum absolute atomic E-state index is 0.0441. The van der Waals surface area contributed by atoms with E-state index in [-0.39, 0.29) is 18.6 Å². The monoisotopic (exact) mass is 386 g/mol. The van der Waals surface area contributed by atoms with Crippen molar-refractivity contribution < 1.29 is 15.0 Å². The summed E-state index contributed by atoms with van der Waals surface area (Å²) in [5.74, 6) is 0.427. The SMILES string of the molecule is O=C(CO)N1CCC[C@@H]1c1c(-c2ccnc(N3CCCC3)n2)cnn1CCO. The number of aromatic nitrogens is 4. The first-order valence-corrected chi connectivity index (χ1v) is 9.88. The molecule has 4 heterocycles. The lowest BCUT2D eigenvalue weighted by Crippen LogP contribution is -2.34. The quantitative estimate of drug-likeness (QED) is 0.748. The maximum absolute atomic E-state index is 12.2. The van der Waals surface area contributed by atoms with E-state index in [1.54, 1.807) is 22.0 Å². The third kappa shape index (κ3) is 3.47. The van der Waals surface area contributed by atoms with Crippen molar-refractivity contribution in [2.24, 2.45) is 0 Å². The van der Waals surface area contributed by atoms with Gasteiger partial charge in [-0.25, -0.2) is 9.97 Å². The maximum atomic E-state index is 12.2. The van der Waals surface area contributed by atoms with E-state index >= 15 is 0 Å². The van der Waals surface area contributed by atoms with Crippen LogP contribution in [-0.4, -0.2) is 73.6 Å². The molecule has 2 aromatic rings. The average Bonchev–Trinajstić information content (AvgIpc) is 3.47. The molecule has 2 aliphatic heterocycles. The Morgan fingerprint density at radius 2 is 2.00 bits per heavy atom. The van der Waals surface area contributed by atoms with Crippen molar-refractivity contribution >= 4 is 11.9 Å². The van der Waals surface area contributed by atoms with Crippen LogP contribution in [0.3, 0.4) is 0 Å². The van der Waals surface area contributed by atoms with Crippen LogP contribution in [0, 0.1) is 0 Å². The van der Waals surface area contributed by atoms with Crippen LogP contribution in [-0.2, 0) is 11.3 Å². The first-order chi connectivity index (χ1) is 13.7. The van der Waals surface area contributed by atoms with E-state index in [1.165, 1.54) is 0 Å². The fourth-order valence-corrected chi connectivity index (χ4v) is 4.22. The van der Waals surface area contributed by atoms with Crippen LogP contribution in [0.25, 0.3) is 11.3 Å². The normalized spacial score (nSPS) is 19.6. The molecule has 4 rings (SSSR count). The topological polar surface area (TPSA) is 108 Å². The molecule has 2 fully saturated rings. The van der Waals surface area contributed by atoms with E-state index in [0.29, 0.717) is 19.0 Å². The number of aliphatic hydroxyl groups excluding tert-OH is 2. The molecule has 150 valence electrons. The number of aliphatic hydroxyl groups is 2. The number of likely N-dealkylation sites (tertiary alicyclic amines) is 1. The number of carbonyl (C=O) groups excluding carboxylic acids is 1. The van der Waals surface area contributed by atoms with E-state index in [9.17, 15) is 15.0 Å². The van der Waals surface area contributed by atoms with Gasteiger partial charge in [0.1, 0.15) is 6.61 Å². The molecular formula is C19H26N6O3. The summed E-state index contributed by atoms with van der Waals surface area (Å²) in [4.78, 5) is 25.3. The molecule has 9 heteroatoms. The molecule has 2 saturated heterocycles. The number of rotatable bonds is 6. The minimum Gasteiger partial charge on any atom is -0.394 e. The smallest absolute Gasteiger partial charge is 0.248 e. The van der Waals surface area contributed by atoms with Gasteiger partial charge in [-0.2, -0.15) is 5.10 Å². The van der Waals surface area contributed by atoms with Gasteiger partial charge in [0.2, 0.25) is 11.9 Å². The van der Waals surface area contributed by atoms with Crippen LogP contribution >= 0.6 is 0 Å². The van der Waals surface area contributed by atoms with Crippen molar-refractivity contribution in [1.82, 2.24) is 24.6 Å². The van der Waals surface area contributed by atoms with Gasteiger partial charge in [0.05, 0.1) is 36.8 Å². The highest BCUT2D eigenvalue weighted by Crippen LogP contribution is 2.37. The summed E-state index contributed by atoms with van der Waals surface area (Å²) in [6, 6.07) is 1.67. The lowest BCUT2D eigenvalue weighted by atomic mass is 10.0. The number of amides is 1. The van der Waals surface area contributed by atoms with E-state index in [1.807, 2.05) is 6.07 Å². The molecule has 1 atom stereocenters. The highest BCUT2D eigenvalue weighted by molar-refractivity contribution is 5.78. The predicted octanol–water partition coefficient (Wildman–Crippen LogP) is 0.588. The molecule has 0 saturated carbocycles. The summed E-state index contributed by atoms with van der Waals surface area (Å²) in [6.07, 6.45) is 7.46. The standard InChI is InChI=1S/C19H26N6O3/c26-11-10-25-18(16-4-3-9-24(16)17(28)13-27)14(12-21-25)15-5-6-20-19(22-15)23-7-1-2-8-23/h5-6,12,16,26-27H,1-4,7-11,13H2/t16-/m1/s1. The summed E-state index contributed by atoms with van der Waals surface area (Å²) >= 11 is 0. The highest BCUT2D eigenvalue weighted by atomic mass is 16.3. The average molecular weight is 386 g/mol. The Hall–Kier alpha value is -2.52. The Labute approximate surface area is 163 Å². The molecule has 0 spiro atoms. The molecule has 0 aromatic carbocycles. The van der Waals surface area contributed by atoms with Crippen molar-refractivity contribution in [2.75, 3.05) is 37.7 Å². The second-order valence-electron chi connectivity index (χ2n) is 7.23. The lowest BCUT2D eigenvalue weighted by Gasteiger charge is -2.26. The summed E-state index contributed by atoms with van der Waals surface area (Å²) in [7, 11) is 0. The number of hydrogen-bond donors (Lipinski definition) is 2. The molecule has 0 aliphatic carbocycles. The molecule has 0 unspecified atom stereocenters. The lowest BCUT2D eigenvalue weighted by molar-refractivity contribution is -0.135. The molecule has 9 nitrogen and oxygen atoms in total. The van der Waals surface area contributed by atoms with E-state index in [0.717, 1.165) is 55.7 Å². The van der Waals surface area contributed by atoms with Crippen molar-refractivity contribution in [2.45, 2.75) is 38.3 Å². The van der Waals surface area contributed by atoms with Crippen LogP contribution < -0.4 is 4.90 Å². The molecule has 2 aromatic heterocycles. The van der Waals surface area contributed by atoms with Gasteiger partial charge in [0, 0.05) is 31.4 Å². The van der Waals surface area contributed by atoms with Gasteiger partial charge in [-0.15, -0.1) is 0 Å². The number of hydrogen-bond acceptors (Lipinski definition) is 7. The minimum atomic E-state index is -0.507. The largest absolute Gasteiger partial charge is 0.394 e. The van der Waals surface area contributed by atoms with Crippen LogP contribution in [0.4, 0.5) is 5.95 Å². The zero-order valence-corrected chi connectivity index (χ0v) is 15.9. The van der Waals surface area contributed by atoms with Crippen molar-refractivity contribution in [3.63, 3.8) is 0 Å². The van der Waals surface area contributed by atoms with E-state index in [2.05, 4.69) is 15.0 Å². The van der Waals surface area contributed by atoms with Crippen molar-refractivity contribution in [1.29, 1.82) is 0 Å². The van der Waals surface area contributed by atoms with Gasteiger partial charge < -0.3 is 20.0 Å². The van der Waals surface area contributed by atoms with Crippen LogP contribution in [0.15, 0.2) is 18.5 Å². The van der Waals surface area contributed by atoms with Crippen LogP contribution in [0.2, 0.25) is 0 Å². The predicted molar refractivity (Wildman–Crippen MR) is 103 cm³/mol. The van der Waals surface area contributed by atoms with Gasteiger partial charge in [0.25, 0.3) is 0 Å². The Morgan fingerprint density at radius 3 is 2.75 bits per heavy atom. The Kier molecular flexibility index (Phi) is 5.54. The maximum Gasteiger partial charge on any atom is 0.248 e. The van der Waals surface area contributed by atoms with Gasteiger partial charge in [-0.3, -0.25) is 9.48 Å². The van der Waals surface area contributed by atoms with E-state index in [4.69, 9.17) is 4.98 Å². The third-order valence-electron chi connectivity index (χ3n) is 5.52. The Balaban J connectivity index is 1.74. The Morgan fingerprint density at radius 1 is 1.18 bits per heavy atom. The highest BCUT2D eigenvalue weighted by Gasteiger charge is 2.34. The first-order valence-electron chi connectivity index (χ1n) is 9.88. The zero-order chi connectivity index (χ0) is 19.5. The van der Waals surface area contributed by atoms with E-state index < -0.39 is 6.61 Å². The molecule has 0 radical (unpaired) electrons. The molecule has 1 amide bonds. The van der Waals surface area contributed by atoms with Crippen molar-refractivity contribution in [3.05, 3.63) is 24.2 Å². The van der Waals surface area contributed by atoms with Crippen LogP contribution in [0.1, 0.15) is 37.4 Å². The molecule has 2 N–H and O–H groups in total. The number of nitrogens with zero attached hydrogens (tertiary/aromatic N) is 6. The van der Waals surface area contributed by atoms with Gasteiger partial charge >= 0.3 is 0 Å². The van der Waals surface area contributed by atoms with Gasteiger partial charge in [-0.1, -0.05) is 0 Å². The van der Waals surface area contributed by atoms with Gasteiger partial charge in [-0.05, 0) is 31.7 Å². The first kappa shape index (κ1) is 18.8. The number of anilines is 1. The fraction of sp³-hybridized carbons (Fsp3) is 0.579. The number of carbonyl (C=O) groups is 1. The summed E-state index contributed by atoms with van der Waals surface area (Å²) < 4.78 is 1.75. The molecule has 2 aliphatic rings. The Bertz CT molecular complexity index is 833. The summed E-state index contributed by atoms with van der Waals surface area (Å²) in [5.41, 5.74) is 2.47. The van der Waals surface area contributed by atoms with Crippen molar-refractivity contribution in [3.8, 4) is 11.3 Å². The second-order valence-corrected chi connectivity index (χ2v) is 7.23. The molecule has 28 heavy (non-hydrogen) atoms. The summed E-state index contributed by atoms with van der Waals surface area (Å²) in [5, 5.41) is 23.3. The molecular weight excluding hydrogens is 360 g/mol. The fourth-order valence-electron chi connectivity index (χ4n) is 4.22. The second kappa shape index (κ2) is 8.24. The summed E-state index contributed by atoms with van der Waals surface area (Å²) in [6.45, 7) is 2.32. The third-order valence-corrected chi connectivity index (χ3v) is 5.52.